The molecule has 0 aromatic carbocycles. The summed E-state index contributed by atoms with van der Waals surface area (Å²) in [5.41, 5.74) is 4.22. The van der Waals surface area contributed by atoms with Crippen molar-refractivity contribution in [3.8, 4) is 0 Å². The van der Waals surface area contributed by atoms with E-state index in [4.69, 9.17) is 19.6 Å². The first-order valence-corrected chi connectivity index (χ1v) is 22.1. The van der Waals surface area contributed by atoms with Crippen LogP contribution in [0.5, 0.6) is 0 Å². The standard InChI is InChI=1S/C31H50N3O6S3Si/c1-30(2,3)44(5,6)40-31(25-12-10-17-41-25,26-13-11-18-42-26)29(35)38-22-20-23-27-28(39-27)24(21-22)34(23,4)16-19-43(36,37)33-15-9-7-8-14-32/h10-13,17-18,22-24,27-28,33H,7-9,14-16,19-21,32H2,1-6H3/q+1. The van der Waals surface area contributed by atoms with E-state index >= 15 is 0 Å². The van der Waals surface area contributed by atoms with Gasteiger partial charge in [-0.2, -0.15) is 0 Å². The van der Waals surface area contributed by atoms with Crippen molar-refractivity contribution in [2.75, 3.05) is 32.4 Å². The number of nitrogens with zero attached hydrogens (tertiary/aromatic N) is 1. The molecule has 3 saturated heterocycles. The number of likely N-dealkylation sites (N-methyl/N-ethyl adjacent to an activating group) is 1. The monoisotopic (exact) mass is 684 g/mol. The summed E-state index contributed by atoms with van der Waals surface area (Å²) in [6.45, 7) is 12.5. The second-order valence-electron chi connectivity index (χ2n) is 14.3. The number of epoxide rings is 1. The smallest absolute Gasteiger partial charge is 0.348 e. The van der Waals surface area contributed by atoms with Crippen LogP contribution in [0.25, 0.3) is 0 Å². The van der Waals surface area contributed by atoms with E-state index in [1.165, 1.54) is 22.7 Å². The highest BCUT2D eigenvalue weighted by Gasteiger charge is 2.72. The van der Waals surface area contributed by atoms with Gasteiger partial charge in [0.05, 0.1) is 23.3 Å². The fourth-order valence-corrected chi connectivity index (χ4v) is 11.3. The predicted molar refractivity (Wildman–Crippen MR) is 179 cm³/mol. The molecule has 2 aromatic rings. The molecule has 3 fully saturated rings. The normalized spacial score (nSPS) is 28.6. The summed E-state index contributed by atoms with van der Waals surface area (Å²) in [7, 11) is -3.69. The van der Waals surface area contributed by atoms with Crippen molar-refractivity contribution in [3.05, 3.63) is 44.8 Å². The number of hydrogen-bond donors (Lipinski definition) is 2. The number of carbonyl (C=O) groups excluding carboxylic acids is 1. The Hall–Kier alpha value is -1.16. The van der Waals surface area contributed by atoms with Gasteiger partial charge in [0.15, 0.2) is 8.32 Å². The van der Waals surface area contributed by atoms with Gasteiger partial charge in [-0.05, 0) is 60.4 Å². The van der Waals surface area contributed by atoms with Crippen LogP contribution in [0.4, 0.5) is 0 Å². The number of carbonyl (C=O) groups is 1. The van der Waals surface area contributed by atoms with E-state index < -0.39 is 23.9 Å². The van der Waals surface area contributed by atoms with Crippen LogP contribution in [0.1, 0.15) is 62.6 Å². The molecule has 0 spiro atoms. The fraction of sp³-hybridized carbons (Fsp3) is 0.710. The first kappa shape index (κ1) is 34.2. The zero-order valence-corrected chi connectivity index (χ0v) is 30.4. The van der Waals surface area contributed by atoms with Gasteiger partial charge < -0.3 is 24.1 Å². The summed E-state index contributed by atoms with van der Waals surface area (Å²) in [5.74, 6) is -0.291. The molecule has 9 nitrogen and oxygen atoms in total. The van der Waals surface area contributed by atoms with Crippen molar-refractivity contribution in [2.24, 2.45) is 5.73 Å². The van der Waals surface area contributed by atoms with Crippen LogP contribution in [0.15, 0.2) is 35.0 Å². The van der Waals surface area contributed by atoms with Crippen molar-refractivity contribution >= 4 is 47.0 Å². The second-order valence-corrected chi connectivity index (χ2v) is 22.9. The molecule has 3 aliphatic heterocycles. The van der Waals surface area contributed by atoms with E-state index in [1.807, 2.05) is 35.0 Å². The lowest BCUT2D eigenvalue weighted by Crippen LogP contribution is -2.64. The minimum Gasteiger partial charge on any atom is -0.459 e. The number of hydrogen-bond acceptors (Lipinski definition) is 9. The zero-order valence-electron chi connectivity index (χ0n) is 26.9. The molecule has 0 amide bonds. The molecule has 4 atom stereocenters. The number of quaternary nitrogens is 1. The summed E-state index contributed by atoms with van der Waals surface area (Å²) in [5, 5.41) is 3.85. The molecule has 2 aromatic heterocycles. The fourth-order valence-electron chi connectivity index (χ4n) is 6.74. The van der Waals surface area contributed by atoms with E-state index in [0.717, 1.165) is 29.0 Å². The van der Waals surface area contributed by atoms with Crippen LogP contribution in [-0.4, -0.2) is 90.0 Å². The Morgan fingerprint density at radius 2 is 1.66 bits per heavy atom. The molecule has 0 aliphatic carbocycles. The highest BCUT2D eigenvalue weighted by Crippen LogP contribution is 2.54. The van der Waals surface area contributed by atoms with Gasteiger partial charge in [0.2, 0.25) is 15.6 Å². The quantitative estimate of drug-likeness (QED) is 0.0910. The third-order valence-electron chi connectivity index (χ3n) is 10.4. The van der Waals surface area contributed by atoms with Gasteiger partial charge in [-0.3, -0.25) is 0 Å². The number of thiophene rings is 2. The average molecular weight is 685 g/mol. The minimum atomic E-state index is -3.39. The predicted octanol–water partition coefficient (Wildman–Crippen LogP) is 4.79. The van der Waals surface area contributed by atoms with Crippen molar-refractivity contribution in [1.29, 1.82) is 0 Å². The van der Waals surface area contributed by atoms with Gasteiger partial charge >= 0.3 is 5.97 Å². The highest BCUT2D eigenvalue weighted by atomic mass is 32.2. The minimum absolute atomic E-state index is 0.0670. The number of unbranched alkanes of at least 4 members (excludes halogenated alkanes) is 2. The number of nitrogens with one attached hydrogen (secondary N) is 1. The van der Waals surface area contributed by atoms with Crippen molar-refractivity contribution < 1.29 is 31.6 Å². The maximum absolute atomic E-state index is 14.6. The van der Waals surface area contributed by atoms with Gasteiger partial charge in [0.1, 0.15) is 36.1 Å². The largest absolute Gasteiger partial charge is 0.459 e. The van der Waals surface area contributed by atoms with Crippen molar-refractivity contribution in [1.82, 2.24) is 4.72 Å². The summed E-state index contributed by atoms with van der Waals surface area (Å²) >= 11 is 3.04. The second kappa shape index (κ2) is 12.8. The van der Waals surface area contributed by atoms with E-state index in [9.17, 15) is 13.2 Å². The summed E-state index contributed by atoms with van der Waals surface area (Å²) in [4.78, 5) is 16.3. The Morgan fingerprint density at radius 3 is 2.16 bits per heavy atom. The van der Waals surface area contributed by atoms with E-state index in [-0.39, 0.29) is 47.2 Å². The highest BCUT2D eigenvalue weighted by molar-refractivity contribution is 7.89. The van der Waals surface area contributed by atoms with E-state index in [0.29, 0.717) is 37.0 Å². The summed E-state index contributed by atoms with van der Waals surface area (Å²) < 4.78 is 48.8. The van der Waals surface area contributed by atoms with E-state index in [1.54, 1.807) is 0 Å². The van der Waals surface area contributed by atoms with Crippen LogP contribution in [0, 0.1) is 0 Å². The Morgan fingerprint density at radius 1 is 1.07 bits per heavy atom. The molecular weight excluding hydrogens is 635 g/mol. The van der Waals surface area contributed by atoms with Gasteiger partial charge in [0, 0.05) is 19.4 Å². The molecule has 246 valence electrons. The van der Waals surface area contributed by atoms with Crippen LogP contribution >= 0.6 is 22.7 Å². The molecule has 3 N–H and O–H groups in total. The molecule has 3 aliphatic rings. The Labute approximate surface area is 272 Å². The molecule has 2 bridgehead atoms. The molecule has 4 unspecified atom stereocenters. The Kier molecular flexibility index (Phi) is 9.94. The third kappa shape index (κ3) is 6.63. The number of sulfonamides is 1. The third-order valence-corrected chi connectivity index (χ3v) is 18.1. The SMILES string of the molecule is CC(C)(C)[Si](C)(C)OC(C(=O)OC1CC2C3OC3C(C1)[N+]2(C)CCS(=O)(=O)NCCCCCN)(c1cccs1)c1cccs1. The van der Waals surface area contributed by atoms with Crippen molar-refractivity contribution in [2.45, 2.75) is 107 Å². The van der Waals surface area contributed by atoms with Gasteiger partial charge in [-0.1, -0.05) is 39.3 Å². The topological polar surface area (TPSA) is 120 Å². The van der Waals surface area contributed by atoms with Gasteiger partial charge in [-0.15, -0.1) is 22.7 Å². The lowest BCUT2D eigenvalue weighted by atomic mass is 9.94. The number of rotatable bonds is 15. The number of nitrogens with two attached hydrogens (primary N) is 1. The van der Waals surface area contributed by atoms with E-state index in [2.05, 4.69) is 45.6 Å². The molecule has 5 heterocycles. The molecule has 13 heteroatoms. The van der Waals surface area contributed by atoms with Crippen LogP contribution in [-0.2, 0) is 34.3 Å². The Bertz CT molecular complexity index is 1320. The van der Waals surface area contributed by atoms with Crippen LogP contribution in [0.3, 0.4) is 0 Å². The van der Waals surface area contributed by atoms with Crippen LogP contribution < -0.4 is 10.5 Å². The number of piperidine rings is 1. The number of morpholine rings is 1. The maximum Gasteiger partial charge on any atom is 0.348 e. The number of esters is 1. The number of fused-ring (bicyclic) bond motifs is 5. The number of ether oxygens (including phenoxy) is 2. The Balaban J connectivity index is 1.33. The average Bonchev–Trinajstić information content (AvgIpc) is 3.27. The summed E-state index contributed by atoms with van der Waals surface area (Å²) in [6, 6.07) is 8.04. The van der Waals surface area contributed by atoms with Crippen molar-refractivity contribution in [3.63, 3.8) is 0 Å². The maximum atomic E-state index is 14.6. The molecule has 5 rings (SSSR count). The lowest BCUT2D eigenvalue weighted by Gasteiger charge is -2.49. The lowest BCUT2D eigenvalue weighted by molar-refractivity contribution is -0.953. The first-order chi connectivity index (χ1) is 20.6. The summed E-state index contributed by atoms with van der Waals surface area (Å²) in [6.07, 6.45) is 3.76. The zero-order chi connectivity index (χ0) is 32.0. The molecular formula is C31H50N3O6S3Si+. The molecule has 44 heavy (non-hydrogen) atoms. The first-order valence-electron chi connectivity index (χ1n) is 15.8. The van der Waals surface area contributed by atoms with Gasteiger partial charge in [0.25, 0.3) is 0 Å². The van der Waals surface area contributed by atoms with Crippen LogP contribution in [0.2, 0.25) is 18.1 Å². The molecule has 0 radical (unpaired) electrons. The van der Waals surface area contributed by atoms with Gasteiger partial charge in [-0.25, -0.2) is 17.9 Å². The molecule has 0 saturated carbocycles.